The highest BCUT2D eigenvalue weighted by Gasteiger charge is 2.41. The predicted molar refractivity (Wildman–Crippen MR) is 87.9 cm³/mol. The van der Waals surface area contributed by atoms with Gasteiger partial charge in [0.05, 0.1) is 0 Å². The van der Waals surface area contributed by atoms with Crippen LogP contribution in [0.25, 0.3) is 0 Å². The van der Waals surface area contributed by atoms with Crippen LogP contribution < -0.4 is 10.6 Å². The van der Waals surface area contributed by atoms with Crippen LogP contribution in [0.3, 0.4) is 0 Å². The first-order valence-corrected chi connectivity index (χ1v) is 8.28. The highest BCUT2D eigenvalue weighted by molar-refractivity contribution is 5.91. The Morgan fingerprint density at radius 2 is 2.12 bits per heavy atom. The number of hydrogen-bond donors (Lipinski definition) is 2. The first-order valence-electron chi connectivity index (χ1n) is 8.28. The molecule has 1 aromatic rings. The number of amides is 2. The molecule has 25 heavy (non-hydrogen) atoms. The van der Waals surface area contributed by atoms with Gasteiger partial charge in [-0.3, -0.25) is 9.59 Å². The number of carbonyl (C=O) groups is 2. The molecule has 0 aliphatic carbocycles. The lowest BCUT2D eigenvalue weighted by Crippen LogP contribution is -2.40. The number of carbonyl (C=O) groups excluding carboxylic acids is 2. The van der Waals surface area contributed by atoms with Gasteiger partial charge < -0.3 is 15.5 Å². The fourth-order valence-electron chi connectivity index (χ4n) is 2.84. The summed E-state index contributed by atoms with van der Waals surface area (Å²) < 4.78 is 37.7. The van der Waals surface area contributed by atoms with E-state index < -0.39 is 12.1 Å². The van der Waals surface area contributed by atoms with E-state index in [-0.39, 0.29) is 25.0 Å². The third kappa shape index (κ3) is 5.74. The van der Waals surface area contributed by atoms with Crippen molar-refractivity contribution < 1.29 is 22.8 Å². The van der Waals surface area contributed by atoms with Crippen LogP contribution in [0, 0.1) is 0 Å². The Bertz CT molecular complexity index is 613. The molecule has 1 aromatic carbocycles. The van der Waals surface area contributed by atoms with E-state index in [4.69, 9.17) is 0 Å². The van der Waals surface area contributed by atoms with E-state index in [1.165, 1.54) is 6.92 Å². The SMILES string of the molecule is CCN(Cc1cccc(NC(=O)CC2CCCN2)c1)C(=O)C(F)(F)F. The summed E-state index contributed by atoms with van der Waals surface area (Å²) in [4.78, 5) is 24.1. The van der Waals surface area contributed by atoms with Gasteiger partial charge in [-0.2, -0.15) is 13.2 Å². The highest BCUT2D eigenvalue weighted by Crippen LogP contribution is 2.21. The van der Waals surface area contributed by atoms with Gasteiger partial charge in [-0.25, -0.2) is 0 Å². The molecule has 1 atom stereocenters. The maximum absolute atomic E-state index is 12.6. The summed E-state index contributed by atoms with van der Waals surface area (Å²) in [7, 11) is 0. The normalized spacial score (nSPS) is 17.4. The van der Waals surface area contributed by atoms with Crippen molar-refractivity contribution >= 4 is 17.5 Å². The molecular weight excluding hydrogens is 335 g/mol. The molecule has 1 aliphatic rings. The van der Waals surface area contributed by atoms with Crippen LogP contribution in [0.4, 0.5) is 18.9 Å². The fraction of sp³-hybridized carbons (Fsp3) is 0.529. The number of hydrogen-bond acceptors (Lipinski definition) is 3. The van der Waals surface area contributed by atoms with Gasteiger partial charge in [0, 0.05) is 31.2 Å². The summed E-state index contributed by atoms with van der Waals surface area (Å²) in [6.07, 6.45) is -2.53. The number of rotatable bonds is 6. The highest BCUT2D eigenvalue weighted by atomic mass is 19.4. The van der Waals surface area contributed by atoms with Crippen molar-refractivity contribution in [2.24, 2.45) is 0 Å². The predicted octanol–water partition coefficient (Wildman–Crippen LogP) is 2.68. The van der Waals surface area contributed by atoms with Gasteiger partial charge in [-0.05, 0) is 44.0 Å². The van der Waals surface area contributed by atoms with Crippen LogP contribution in [-0.2, 0) is 16.1 Å². The van der Waals surface area contributed by atoms with Crippen LogP contribution in [0.1, 0.15) is 31.7 Å². The topological polar surface area (TPSA) is 61.4 Å². The molecule has 8 heteroatoms. The molecule has 138 valence electrons. The average molecular weight is 357 g/mol. The summed E-state index contributed by atoms with van der Waals surface area (Å²) >= 11 is 0. The van der Waals surface area contributed by atoms with E-state index >= 15 is 0 Å². The molecule has 1 unspecified atom stereocenters. The minimum absolute atomic E-state index is 0.0533. The minimum Gasteiger partial charge on any atom is -0.331 e. The van der Waals surface area contributed by atoms with Crippen molar-refractivity contribution in [3.63, 3.8) is 0 Å². The summed E-state index contributed by atoms with van der Waals surface area (Å²) in [5, 5.41) is 5.99. The molecule has 5 nitrogen and oxygen atoms in total. The van der Waals surface area contributed by atoms with Gasteiger partial charge in [0.1, 0.15) is 0 Å². The molecule has 2 N–H and O–H groups in total. The van der Waals surface area contributed by atoms with E-state index in [1.807, 2.05) is 0 Å². The minimum atomic E-state index is -4.89. The standard InChI is InChI=1S/C17H22F3N3O2/c1-2-23(16(25)17(18,19)20)11-12-5-3-6-14(9-12)22-15(24)10-13-7-4-8-21-13/h3,5-6,9,13,21H,2,4,7-8,10-11H2,1H3,(H,22,24). The summed E-state index contributed by atoms with van der Waals surface area (Å²) in [6.45, 7) is 2.18. The zero-order valence-corrected chi connectivity index (χ0v) is 14.0. The Labute approximate surface area is 144 Å². The molecule has 1 heterocycles. The molecule has 2 amide bonds. The number of halogens is 3. The number of nitrogens with zero attached hydrogens (tertiary/aromatic N) is 1. The van der Waals surface area contributed by atoms with E-state index in [0.717, 1.165) is 24.3 Å². The van der Waals surface area contributed by atoms with Gasteiger partial charge in [0.25, 0.3) is 0 Å². The van der Waals surface area contributed by atoms with Gasteiger partial charge in [-0.15, -0.1) is 0 Å². The van der Waals surface area contributed by atoms with Crippen molar-refractivity contribution in [2.75, 3.05) is 18.4 Å². The molecule has 1 fully saturated rings. The molecular formula is C17H22F3N3O2. The van der Waals surface area contributed by atoms with E-state index in [1.54, 1.807) is 24.3 Å². The average Bonchev–Trinajstić information content (AvgIpc) is 3.04. The Balaban J connectivity index is 1.97. The van der Waals surface area contributed by atoms with Crippen LogP contribution in [0.2, 0.25) is 0 Å². The zero-order valence-electron chi connectivity index (χ0n) is 14.0. The van der Waals surface area contributed by atoms with Gasteiger partial charge >= 0.3 is 12.1 Å². The maximum Gasteiger partial charge on any atom is 0.471 e. The van der Waals surface area contributed by atoms with Gasteiger partial charge in [0.2, 0.25) is 5.91 Å². The lowest BCUT2D eigenvalue weighted by Gasteiger charge is -2.22. The third-order valence-electron chi connectivity index (χ3n) is 4.09. The summed E-state index contributed by atoms with van der Waals surface area (Å²) in [5.41, 5.74) is 1.03. The van der Waals surface area contributed by atoms with Crippen LogP contribution in [0.5, 0.6) is 0 Å². The number of benzene rings is 1. The second-order valence-corrected chi connectivity index (χ2v) is 6.06. The van der Waals surface area contributed by atoms with E-state index in [0.29, 0.717) is 17.7 Å². The summed E-state index contributed by atoms with van der Waals surface area (Å²) in [5.74, 6) is -2.01. The van der Waals surface area contributed by atoms with Crippen LogP contribution >= 0.6 is 0 Å². The van der Waals surface area contributed by atoms with Crippen molar-refractivity contribution in [2.45, 2.75) is 44.9 Å². The van der Waals surface area contributed by atoms with Crippen molar-refractivity contribution in [1.29, 1.82) is 0 Å². The molecule has 2 rings (SSSR count). The molecule has 0 spiro atoms. The van der Waals surface area contributed by atoms with Crippen molar-refractivity contribution in [1.82, 2.24) is 10.2 Å². The Morgan fingerprint density at radius 3 is 2.72 bits per heavy atom. The Kier molecular flexibility index (Phi) is 6.41. The lowest BCUT2D eigenvalue weighted by molar-refractivity contribution is -0.185. The molecule has 0 bridgehead atoms. The van der Waals surface area contributed by atoms with Crippen molar-refractivity contribution in [3.8, 4) is 0 Å². The van der Waals surface area contributed by atoms with E-state index in [2.05, 4.69) is 10.6 Å². The molecule has 0 radical (unpaired) electrons. The largest absolute Gasteiger partial charge is 0.471 e. The van der Waals surface area contributed by atoms with Gasteiger partial charge in [0.15, 0.2) is 0 Å². The van der Waals surface area contributed by atoms with E-state index in [9.17, 15) is 22.8 Å². The third-order valence-corrected chi connectivity index (χ3v) is 4.09. The Morgan fingerprint density at radius 1 is 1.36 bits per heavy atom. The Hall–Kier alpha value is -2.09. The van der Waals surface area contributed by atoms with Crippen LogP contribution in [0.15, 0.2) is 24.3 Å². The molecule has 1 aliphatic heterocycles. The summed E-state index contributed by atoms with van der Waals surface area (Å²) in [6, 6.07) is 6.70. The molecule has 0 saturated carbocycles. The first kappa shape index (κ1) is 19.2. The second kappa shape index (κ2) is 8.33. The maximum atomic E-state index is 12.6. The molecule has 1 saturated heterocycles. The second-order valence-electron chi connectivity index (χ2n) is 6.06. The van der Waals surface area contributed by atoms with Gasteiger partial charge in [-0.1, -0.05) is 12.1 Å². The number of anilines is 1. The smallest absolute Gasteiger partial charge is 0.331 e. The first-order chi connectivity index (χ1) is 11.8. The zero-order chi connectivity index (χ0) is 18.4. The quantitative estimate of drug-likeness (QED) is 0.823. The number of nitrogens with one attached hydrogen (secondary N) is 2. The molecule has 0 aromatic heterocycles. The lowest BCUT2D eigenvalue weighted by atomic mass is 10.1. The van der Waals surface area contributed by atoms with Crippen molar-refractivity contribution in [3.05, 3.63) is 29.8 Å². The fourth-order valence-corrected chi connectivity index (χ4v) is 2.84. The number of alkyl halides is 3. The monoisotopic (exact) mass is 357 g/mol. The van der Waals surface area contributed by atoms with Crippen LogP contribution in [-0.4, -0.2) is 42.0 Å².